The lowest BCUT2D eigenvalue weighted by molar-refractivity contribution is -0.347. The Hall–Kier alpha value is -3.32. The van der Waals surface area contributed by atoms with Gasteiger partial charge in [0.05, 0.1) is 27.4 Å². The van der Waals surface area contributed by atoms with Gasteiger partial charge in [0.1, 0.15) is 42.0 Å². The number of nitrogens with zero attached hydrogens (tertiary/aromatic N) is 4. The third kappa shape index (κ3) is 13.2. The number of nitrogens with one attached hydrogen (secondary N) is 2. The van der Waals surface area contributed by atoms with E-state index < -0.39 is 103 Å². The number of anilines is 1. The lowest BCUT2D eigenvalue weighted by atomic mass is 9.87. The van der Waals surface area contributed by atoms with Crippen LogP contribution in [0.4, 0.5) is 5.82 Å². The maximum Gasteiger partial charge on any atom is 0.274 e. The summed E-state index contributed by atoms with van der Waals surface area (Å²) in [5.74, 6) is -4.07. The van der Waals surface area contributed by atoms with Crippen LogP contribution in [0, 0.1) is 5.41 Å². The number of carbonyl (C=O) groups excluding carboxylic acids is 4. The monoisotopic (exact) mass is 816 g/mol. The predicted molar refractivity (Wildman–Crippen MR) is 160 cm³/mol. The van der Waals surface area contributed by atoms with E-state index in [1.807, 2.05) is 0 Å². The SMILES string of the molecule is CC(C)(COP(=O)([O-])OP(=O)([O-])OCC1OC(n2cnc3c(N)ncnc32)C(O)C1OP(=O)([O-])[O-])C(O)C(=O)NCCC(=O)NCCC(=O)CC(=O)[O-]. The van der Waals surface area contributed by atoms with Gasteiger partial charge in [-0.25, -0.2) is 19.3 Å². The Kier molecular flexibility index (Phi) is 14.9. The highest BCUT2D eigenvalue weighted by Gasteiger charge is 2.47. The largest absolute Gasteiger partial charge is 0.790 e. The van der Waals surface area contributed by atoms with Gasteiger partial charge in [0.25, 0.3) is 15.6 Å². The lowest BCUT2D eigenvalue weighted by Crippen LogP contribution is -2.46. The summed E-state index contributed by atoms with van der Waals surface area (Å²) in [5, 5.41) is 36.1. The molecule has 3 heterocycles. The number of carboxylic acids is 1. The summed E-state index contributed by atoms with van der Waals surface area (Å²) in [4.78, 5) is 105. The molecule has 1 aliphatic rings. The molecule has 53 heavy (non-hydrogen) atoms. The number of hydrogen-bond acceptors (Lipinski definition) is 23. The first-order valence-electron chi connectivity index (χ1n) is 14.9. The molecule has 7 unspecified atom stereocenters. The number of aliphatic hydroxyl groups excluding tert-OH is 2. The standard InChI is InChI=1S/C24H38N7O19P3/c1-24(2,19(37)22(38)27-6-4-14(33)26-5-3-12(32)7-15(34)35)9-47-53(44,45)50-52(42,43)46-8-13-18(49-51(39,40)41)17(36)23(48-13)31-11-30-16-20(25)28-10-29-21(16)31/h10-11,13,17-19,23,36-37H,3-9H2,1-2H3,(H,26,33)(H,27,38)(H,34,35)(H,42,43)(H,44,45)(H2,25,28,29)(H2,39,40,41)/p-5. The minimum atomic E-state index is -5.94. The van der Waals surface area contributed by atoms with E-state index in [4.69, 9.17) is 10.5 Å². The summed E-state index contributed by atoms with van der Waals surface area (Å²) >= 11 is 0. The van der Waals surface area contributed by atoms with Gasteiger partial charge in [-0.3, -0.25) is 28.1 Å². The van der Waals surface area contributed by atoms with Crippen LogP contribution in [0.1, 0.15) is 39.3 Å². The molecule has 298 valence electrons. The van der Waals surface area contributed by atoms with E-state index in [2.05, 4.69) is 43.5 Å². The van der Waals surface area contributed by atoms with Gasteiger partial charge in [0.2, 0.25) is 11.8 Å². The van der Waals surface area contributed by atoms with Crippen molar-refractivity contribution in [2.24, 2.45) is 5.41 Å². The Bertz CT molecular complexity index is 1800. The summed E-state index contributed by atoms with van der Waals surface area (Å²) in [7, 11) is -17.7. The van der Waals surface area contributed by atoms with Crippen LogP contribution in [-0.4, -0.2) is 104 Å². The van der Waals surface area contributed by atoms with Crippen molar-refractivity contribution in [2.75, 3.05) is 32.0 Å². The molecule has 0 saturated carbocycles. The Balaban J connectivity index is 1.53. The van der Waals surface area contributed by atoms with Crippen LogP contribution >= 0.6 is 23.5 Å². The molecule has 1 aliphatic heterocycles. The molecule has 6 N–H and O–H groups in total. The summed E-state index contributed by atoms with van der Waals surface area (Å²) < 4.78 is 60.1. The van der Waals surface area contributed by atoms with E-state index in [-0.39, 0.29) is 42.9 Å². The number of phosphoric ester groups is 3. The van der Waals surface area contributed by atoms with Crippen LogP contribution < -0.4 is 41.0 Å². The molecule has 0 aromatic carbocycles. The quantitative estimate of drug-likeness (QED) is 0.0578. The minimum absolute atomic E-state index is 0.0292. The molecule has 0 spiro atoms. The molecular weight excluding hydrogens is 783 g/mol. The number of aliphatic carboxylic acids is 1. The second-order valence-electron chi connectivity index (χ2n) is 11.8. The number of phosphoric acid groups is 3. The number of ether oxygens (including phenoxy) is 1. The Morgan fingerprint density at radius 3 is 2.32 bits per heavy atom. The highest BCUT2D eigenvalue weighted by molar-refractivity contribution is 7.59. The molecule has 0 bridgehead atoms. The number of rotatable bonds is 21. The Labute approximate surface area is 298 Å². The first-order valence-corrected chi connectivity index (χ1v) is 19.3. The molecular formula is C24H33N7O19P3-5. The number of carbonyl (C=O) groups is 4. The number of carboxylic acid groups (broad SMARTS) is 1. The number of nitrogen functional groups attached to an aromatic ring is 1. The zero-order valence-corrected chi connectivity index (χ0v) is 30.2. The maximum absolute atomic E-state index is 12.4. The van der Waals surface area contributed by atoms with Crippen molar-refractivity contribution in [1.82, 2.24) is 30.2 Å². The molecule has 2 aromatic heterocycles. The van der Waals surface area contributed by atoms with Crippen molar-refractivity contribution in [3.8, 4) is 0 Å². The minimum Gasteiger partial charge on any atom is -0.790 e. The number of amides is 2. The average molecular weight is 816 g/mol. The van der Waals surface area contributed by atoms with Crippen molar-refractivity contribution in [2.45, 2.75) is 63.8 Å². The van der Waals surface area contributed by atoms with Gasteiger partial charge in [-0.05, 0) is 0 Å². The van der Waals surface area contributed by atoms with Crippen molar-refractivity contribution in [3.63, 3.8) is 0 Å². The van der Waals surface area contributed by atoms with Crippen molar-refractivity contribution < 1.29 is 90.4 Å². The van der Waals surface area contributed by atoms with E-state index in [1.54, 1.807) is 0 Å². The van der Waals surface area contributed by atoms with Gasteiger partial charge in [-0.1, -0.05) is 13.8 Å². The fourth-order valence-electron chi connectivity index (χ4n) is 4.51. The van der Waals surface area contributed by atoms with E-state index in [0.29, 0.717) is 0 Å². The molecule has 7 atom stereocenters. The molecule has 0 aliphatic carbocycles. The van der Waals surface area contributed by atoms with Crippen molar-refractivity contribution in [1.29, 1.82) is 0 Å². The normalized spacial score (nSPS) is 22.1. The topological polar surface area (TPSA) is 415 Å². The number of aromatic nitrogens is 4. The van der Waals surface area contributed by atoms with Crippen LogP contribution in [0.25, 0.3) is 11.2 Å². The average Bonchev–Trinajstić information content (AvgIpc) is 3.58. The highest BCUT2D eigenvalue weighted by atomic mass is 31.3. The number of nitrogens with two attached hydrogens (primary N) is 1. The first kappa shape index (κ1) is 44.1. The third-order valence-corrected chi connectivity index (χ3v) is 10.1. The smallest absolute Gasteiger partial charge is 0.274 e. The van der Waals surface area contributed by atoms with Gasteiger partial charge in [-0.2, -0.15) is 0 Å². The maximum atomic E-state index is 12.4. The van der Waals surface area contributed by atoms with Gasteiger partial charge >= 0.3 is 0 Å². The lowest BCUT2D eigenvalue weighted by Gasteiger charge is -2.36. The number of ketones is 1. The second-order valence-corrected chi connectivity index (χ2v) is 15.9. The molecule has 0 radical (unpaired) electrons. The molecule has 29 heteroatoms. The number of Topliss-reactive ketones (excluding diaryl/α,β-unsaturated/α-hetero) is 1. The molecule has 3 rings (SSSR count). The van der Waals surface area contributed by atoms with Crippen molar-refractivity contribution >= 4 is 64.0 Å². The Morgan fingerprint density at radius 1 is 1.04 bits per heavy atom. The van der Waals surface area contributed by atoms with Crippen LogP contribution in [-0.2, 0) is 55.5 Å². The van der Waals surface area contributed by atoms with E-state index in [1.165, 1.54) is 0 Å². The second kappa shape index (κ2) is 17.9. The number of fused-ring (bicyclic) bond motifs is 1. The fraction of sp³-hybridized carbons (Fsp3) is 0.625. The van der Waals surface area contributed by atoms with Gasteiger partial charge < -0.3 is 78.9 Å². The van der Waals surface area contributed by atoms with Crippen LogP contribution in [0.5, 0.6) is 0 Å². The fourth-order valence-corrected chi connectivity index (χ4v) is 7.24. The Morgan fingerprint density at radius 2 is 1.68 bits per heavy atom. The number of aliphatic hydroxyl groups is 2. The summed E-state index contributed by atoms with van der Waals surface area (Å²) in [6.45, 7) is -0.550. The number of hydrogen-bond donors (Lipinski definition) is 5. The molecule has 2 aromatic rings. The molecule has 26 nitrogen and oxygen atoms in total. The zero-order valence-electron chi connectivity index (χ0n) is 27.5. The van der Waals surface area contributed by atoms with E-state index in [9.17, 15) is 67.8 Å². The van der Waals surface area contributed by atoms with Crippen LogP contribution in [0.15, 0.2) is 12.7 Å². The van der Waals surface area contributed by atoms with Gasteiger partial charge in [0, 0.05) is 43.7 Å². The molecule has 1 saturated heterocycles. The summed E-state index contributed by atoms with van der Waals surface area (Å²) in [6, 6.07) is 0. The van der Waals surface area contributed by atoms with Crippen LogP contribution in [0.2, 0.25) is 0 Å². The third-order valence-electron chi connectivity index (χ3n) is 7.12. The molecule has 1 fully saturated rings. The number of imidazole rings is 1. The molecule has 2 amide bonds. The van der Waals surface area contributed by atoms with E-state index in [0.717, 1.165) is 31.1 Å². The van der Waals surface area contributed by atoms with Crippen LogP contribution in [0.3, 0.4) is 0 Å². The summed E-state index contributed by atoms with van der Waals surface area (Å²) in [5.41, 5.74) is 3.97. The zero-order chi connectivity index (χ0) is 39.9. The van der Waals surface area contributed by atoms with Crippen molar-refractivity contribution in [3.05, 3.63) is 12.7 Å². The van der Waals surface area contributed by atoms with Gasteiger partial charge in [0.15, 0.2) is 17.7 Å². The van der Waals surface area contributed by atoms with E-state index >= 15 is 0 Å². The highest BCUT2D eigenvalue weighted by Crippen LogP contribution is 2.56. The first-order chi connectivity index (χ1) is 24.4. The van der Waals surface area contributed by atoms with Gasteiger partial charge in [-0.15, -0.1) is 0 Å². The predicted octanol–water partition coefficient (Wildman–Crippen LogP) is -6.02. The summed E-state index contributed by atoms with van der Waals surface area (Å²) in [6.07, 6.45) is -8.98.